The number of carbonyl (C=O) groups is 1. The summed E-state index contributed by atoms with van der Waals surface area (Å²) >= 11 is 1.47. The van der Waals surface area contributed by atoms with Crippen molar-refractivity contribution in [1.29, 1.82) is 0 Å². The number of thiophene rings is 1. The maximum atomic E-state index is 14.0. The minimum Gasteiger partial charge on any atom is -0.464 e. The van der Waals surface area contributed by atoms with Crippen LogP contribution in [0.1, 0.15) is 10.5 Å². The molecule has 0 bridgehead atoms. The Labute approximate surface area is 118 Å². The molecule has 0 N–H and O–H groups in total. The van der Waals surface area contributed by atoms with E-state index in [1.165, 1.54) is 24.5 Å². The van der Waals surface area contributed by atoms with Gasteiger partial charge in [-0.25, -0.2) is 14.2 Å². The second-order valence-corrected chi connectivity index (χ2v) is 5.11. The van der Waals surface area contributed by atoms with E-state index in [0.29, 0.717) is 11.3 Å². The lowest BCUT2D eigenvalue weighted by atomic mass is 10.1. The molecule has 5 heteroatoms. The fourth-order valence-electron chi connectivity index (χ4n) is 2.03. The largest absolute Gasteiger partial charge is 0.464 e. The van der Waals surface area contributed by atoms with Gasteiger partial charge < -0.3 is 4.74 Å². The van der Waals surface area contributed by atoms with Gasteiger partial charge >= 0.3 is 5.97 Å². The van der Waals surface area contributed by atoms with Crippen LogP contribution in [-0.2, 0) is 4.74 Å². The Hall–Kier alpha value is -2.27. The normalized spacial score (nSPS) is 10.7. The van der Waals surface area contributed by atoms with E-state index in [2.05, 4.69) is 4.98 Å². The van der Waals surface area contributed by atoms with E-state index in [9.17, 15) is 9.18 Å². The quantitative estimate of drug-likeness (QED) is 0.671. The number of esters is 1. The Kier molecular flexibility index (Phi) is 3.20. The van der Waals surface area contributed by atoms with Crippen LogP contribution in [0.2, 0.25) is 0 Å². The Bertz CT molecular complexity index is 797. The molecule has 100 valence electrons. The van der Waals surface area contributed by atoms with Gasteiger partial charge in [0.2, 0.25) is 0 Å². The second kappa shape index (κ2) is 5.02. The van der Waals surface area contributed by atoms with E-state index in [0.717, 1.165) is 10.1 Å². The number of pyridine rings is 1. The Morgan fingerprint density at radius 1 is 1.30 bits per heavy atom. The molecule has 0 saturated heterocycles. The predicted octanol–water partition coefficient (Wildman–Crippen LogP) is 3.89. The van der Waals surface area contributed by atoms with Crippen LogP contribution in [0.5, 0.6) is 0 Å². The third-order valence-electron chi connectivity index (χ3n) is 2.97. The van der Waals surface area contributed by atoms with Crippen molar-refractivity contribution in [2.45, 2.75) is 0 Å². The topological polar surface area (TPSA) is 39.2 Å². The highest BCUT2D eigenvalue weighted by Gasteiger charge is 2.16. The Balaban J connectivity index is 2.31. The smallest absolute Gasteiger partial charge is 0.356 e. The number of fused-ring (bicyclic) bond motifs is 1. The van der Waals surface area contributed by atoms with Gasteiger partial charge in [-0.1, -0.05) is 12.1 Å². The highest BCUT2D eigenvalue weighted by molar-refractivity contribution is 7.17. The number of ether oxygens (including phenoxy) is 1. The molecule has 0 atom stereocenters. The van der Waals surface area contributed by atoms with E-state index in [-0.39, 0.29) is 11.5 Å². The van der Waals surface area contributed by atoms with E-state index in [1.807, 2.05) is 11.4 Å². The fourth-order valence-corrected chi connectivity index (χ4v) is 2.86. The zero-order valence-corrected chi connectivity index (χ0v) is 11.4. The maximum Gasteiger partial charge on any atom is 0.356 e. The van der Waals surface area contributed by atoms with Gasteiger partial charge in [0, 0.05) is 15.6 Å². The molecule has 1 aromatic carbocycles. The van der Waals surface area contributed by atoms with Crippen LogP contribution in [0.15, 0.2) is 41.8 Å². The summed E-state index contributed by atoms with van der Waals surface area (Å²) in [6.45, 7) is 0. The van der Waals surface area contributed by atoms with Gasteiger partial charge in [0.25, 0.3) is 0 Å². The minimum atomic E-state index is -0.530. The van der Waals surface area contributed by atoms with Crippen molar-refractivity contribution in [2.75, 3.05) is 7.11 Å². The molecular weight excluding hydrogens is 277 g/mol. The molecule has 0 unspecified atom stereocenters. The van der Waals surface area contributed by atoms with E-state index in [1.54, 1.807) is 24.3 Å². The number of rotatable bonds is 2. The van der Waals surface area contributed by atoms with Crippen LogP contribution in [-0.4, -0.2) is 18.1 Å². The SMILES string of the molecule is COC(=O)c1cc2sccc2c(-c2ccccc2F)n1. The number of hydrogen-bond donors (Lipinski definition) is 0. The lowest BCUT2D eigenvalue weighted by Crippen LogP contribution is -2.05. The van der Waals surface area contributed by atoms with Crippen molar-refractivity contribution in [3.63, 3.8) is 0 Å². The van der Waals surface area contributed by atoms with Crippen molar-refractivity contribution in [1.82, 2.24) is 4.98 Å². The average molecular weight is 287 g/mol. The summed E-state index contributed by atoms with van der Waals surface area (Å²) in [6, 6.07) is 9.92. The summed E-state index contributed by atoms with van der Waals surface area (Å²) in [5.74, 6) is -0.896. The van der Waals surface area contributed by atoms with Gasteiger partial charge in [-0.3, -0.25) is 0 Å². The Morgan fingerprint density at radius 3 is 2.85 bits per heavy atom. The maximum absolute atomic E-state index is 14.0. The molecular formula is C15H10FNO2S. The number of hydrogen-bond acceptors (Lipinski definition) is 4. The van der Waals surface area contributed by atoms with E-state index >= 15 is 0 Å². The number of methoxy groups -OCH3 is 1. The summed E-state index contributed by atoms with van der Waals surface area (Å²) in [5, 5.41) is 2.71. The summed E-state index contributed by atoms with van der Waals surface area (Å²) in [5.41, 5.74) is 1.02. The second-order valence-electron chi connectivity index (χ2n) is 4.16. The lowest BCUT2D eigenvalue weighted by Gasteiger charge is -2.07. The lowest BCUT2D eigenvalue weighted by molar-refractivity contribution is 0.0594. The van der Waals surface area contributed by atoms with Gasteiger partial charge in [0.05, 0.1) is 12.8 Å². The molecule has 20 heavy (non-hydrogen) atoms. The molecule has 0 saturated carbocycles. The van der Waals surface area contributed by atoms with Gasteiger partial charge in [-0.05, 0) is 29.6 Å². The van der Waals surface area contributed by atoms with Crippen LogP contribution < -0.4 is 0 Å². The first kappa shape index (κ1) is 12.7. The van der Waals surface area contributed by atoms with Crippen LogP contribution in [0.3, 0.4) is 0 Å². The zero-order valence-electron chi connectivity index (χ0n) is 10.6. The molecule has 0 radical (unpaired) electrons. The third-order valence-corrected chi connectivity index (χ3v) is 3.84. The molecule has 3 nitrogen and oxygen atoms in total. The first-order valence-electron chi connectivity index (χ1n) is 5.92. The monoisotopic (exact) mass is 287 g/mol. The van der Waals surface area contributed by atoms with Crippen molar-refractivity contribution in [3.05, 3.63) is 53.3 Å². The summed E-state index contributed by atoms with van der Waals surface area (Å²) in [6.07, 6.45) is 0. The molecule has 0 fully saturated rings. The number of halogens is 1. The summed E-state index contributed by atoms with van der Waals surface area (Å²) in [7, 11) is 1.30. The van der Waals surface area contributed by atoms with Crippen molar-refractivity contribution in [3.8, 4) is 11.3 Å². The predicted molar refractivity (Wildman–Crippen MR) is 76.4 cm³/mol. The summed E-state index contributed by atoms with van der Waals surface area (Å²) < 4.78 is 19.5. The van der Waals surface area contributed by atoms with E-state index < -0.39 is 5.97 Å². The van der Waals surface area contributed by atoms with Crippen LogP contribution in [0.25, 0.3) is 21.3 Å². The standard InChI is InChI=1S/C15H10FNO2S/c1-19-15(18)12-8-13-10(6-7-20-13)14(17-12)9-4-2-3-5-11(9)16/h2-8H,1H3. The van der Waals surface area contributed by atoms with Gasteiger partial charge in [0.15, 0.2) is 5.69 Å². The summed E-state index contributed by atoms with van der Waals surface area (Å²) in [4.78, 5) is 15.9. The van der Waals surface area contributed by atoms with Crippen LogP contribution in [0.4, 0.5) is 4.39 Å². The van der Waals surface area contributed by atoms with E-state index in [4.69, 9.17) is 4.74 Å². The van der Waals surface area contributed by atoms with Crippen LogP contribution >= 0.6 is 11.3 Å². The number of aromatic nitrogens is 1. The third kappa shape index (κ3) is 2.06. The molecule has 0 aliphatic heterocycles. The van der Waals surface area contributed by atoms with Gasteiger partial charge in [-0.15, -0.1) is 11.3 Å². The first-order chi connectivity index (χ1) is 9.70. The molecule has 0 amide bonds. The number of nitrogens with zero attached hydrogens (tertiary/aromatic N) is 1. The fraction of sp³-hybridized carbons (Fsp3) is 0.0667. The average Bonchev–Trinajstić information content (AvgIpc) is 2.94. The molecule has 3 aromatic rings. The molecule has 2 heterocycles. The van der Waals surface area contributed by atoms with Crippen molar-refractivity contribution in [2.24, 2.45) is 0 Å². The number of benzene rings is 1. The van der Waals surface area contributed by atoms with Gasteiger partial charge in [0.1, 0.15) is 5.82 Å². The minimum absolute atomic E-state index is 0.181. The molecule has 0 spiro atoms. The van der Waals surface area contributed by atoms with Crippen molar-refractivity contribution >= 4 is 27.4 Å². The Morgan fingerprint density at radius 2 is 2.10 bits per heavy atom. The molecule has 0 aliphatic rings. The molecule has 3 rings (SSSR count). The first-order valence-corrected chi connectivity index (χ1v) is 6.80. The zero-order chi connectivity index (χ0) is 14.1. The molecule has 0 aliphatic carbocycles. The van der Waals surface area contributed by atoms with Crippen molar-refractivity contribution < 1.29 is 13.9 Å². The van der Waals surface area contributed by atoms with Gasteiger partial charge in [-0.2, -0.15) is 0 Å². The highest BCUT2D eigenvalue weighted by atomic mass is 32.1. The molecule has 2 aromatic heterocycles. The number of carbonyl (C=O) groups excluding carboxylic acids is 1. The van der Waals surface area contributed by atoms with Crippen LogP contribution in [0, 0.1) is 5.82 Å². The highest BCUT2D eigenvalue weighted by Crippen LogP contribution is 2.32.